The first-order valence-electron chi connectivity index (χ1n) is 38.9. The summed E-state index contributed by atoms with van der Waals surface area (Å²) in [6, 6.07) is -10.5. The van der Waals surface area contributed by atoms with E-state index < -0.39 is 323 Å². The molecular formula is C72H114N24O26S4. The molecule has 0 aliphatic rings. The van der Waals surface area contributed by atoms with Gasteiger partial charge in [0, 0.05) is 42.3 Å². The minimum atomic E-state index is -1.76. The van der Waals surface area contributed by atoms with E-state index in [2.05, 4.69) is 157 Å². The van der Waals surface area contributed by atoms with Crippen molar-refractivity contribution in [2.24, 2.45) is 40.7 Å². The standard InChI is InChI=1S/C72H114N24O26S4/c1-7-35(6)61(95-50(101)19-73)71(120)96-60(34(4)5)70(119)85-28-59(110)87-39(13-15-48(75)99)66(115)93-46(32-126)69(118)92-44(30-124)64(113)84-24-54(105)78-21-52(103)80-27-58(109)89-43(29-123)63(112)83-23-53(104)77-20-51(102)79-25-56(107)86-38(12-14-47(74)98)65(114)90-40(16-33(2)3)62(111)82-22-55(106)81-26-57(108)88-41(17-36-8-10-37(97)11-9-36)67(116)94-45(31-125)68(117)91-42(72(121)122)18-49(76)100/h8-11,33-35,38-46,60-61,97,123-126H,7,12-32,73H2,1-6H3,(H2,74,98)(H2,75,99)(H2,76,100)(H,77,104)(H,78,105)(H,79,102)(H,80,103)(H,81,106)(H,82,111)(H,83,112)(H,84,113)(H,85,119)(H,86,107)(H,87,110)(H,88,108)(H,89,109)(H,90,114)(H,91,117)(H,92,118)(H,93,115)(H,94,116)(H,95,101)(H,96,120)(H,121,122)/t35-,38-,39-,40-,41-,42-,43-,44-,45-,46-,60-,61-/m0/s1. The summed E-state index contributed by atoms with van der Waals surface area (Å²) >= 11 is 16.3. The van der Waals surface area contributed by atoms with Gasteiger partial charge in [-0.1, -0.05) is 60.1 Å². The number of aliphatic carboxylic acids is 1. The number of carbonyl (C=O) groups is 24. The number of hydrogen-bond acceptors (Lipinski definition) is 30. The fourth-order valence-electron chi connectivity index (χ4n) is 10.5. The minimum Gasteiger partial charge on any atom is -0.508 e. The van der Waals surface area contributed by atoms with Crippen molar-refractivity contribution in [3.8, 4) is 5.75 Å². The lowest BCUT2D eigenvalue weighted by atomic mass is 9.96. The predicted molar refractivity (Wildman–Crippen MR) is 457 cm³/mol. The molecule has 54 heteroatoms. The third-order valence-electron chi connectivity index (χ3n) is 17.5. The lowest BCUT2D eigenvalue weighted by Gasteiger charge is -2.28. The van der Waals surface area contributed by atoms with E-state index in [1.54, 1.807) is 41.5 Å². The van der Waals surface area contributed by atoms with Gasteiger partial charge >= 0.3 is 5.97 Å². The van der Waals surface area contributed by atoms with Crippen LogP contribution in [-0.2, 0) is 121 Å². The van der Waals surface area contributed by atoms with Gasteiger partial charge in [0.2, 0.25) is 136 Å². The summed E-state index contributed by atoms with van der Waals surface area (Å²) in [6.45, 7) is 2.64. The van der Waals surface area contributed by atoms with E-state index >= 15 is 0 Å². The van der Waals surface area contributed by atoms with E-state index in [9.17, 15) is 125 Å². The first-order chi connectivity index (χ1) is 59.2. The number of thiol groups is 4. The van der Waals surface area contributed by atoms with Crippen LogP contribution < -0.4 is 129 Å². The molecule has 23 amide bonds. The highest BCUT2D eigenvalue weighted by atomic mass is 32.1. The van der Waals surface area contributed by atoms with E-state index in [4.69, 9.17) is 22.9 Å². The zero-order valence-corrected chi connectivity index (χ0v) is 73.3. The maximum atomic E-state index is 13.7. The van der Waals surface area contributed by atoms with Gasteiger partial charge in [-0.25, -0.2) is 4.79 Å². The molecule has 0 aromatic heterocycles. The number of phenolic OH excluding ortho intramolecular Hbond substituents is 1. The average Bonchev–Trinajstić information content (AvgIpc) is 0.865. The Bertz CT molecular complexity index is 4040. The van der Waals surface area contributed by atoms with Crippen LogP contribution in [0.25, 0.3) is 0 Å². The number of rotatable bonds is 60. The van der Waals surface area contributed by atoms with Gasteiger partial charge < -0.3 is 139 Å². The first kappa shape index (κ1) is 112. The second-order valence-electron chi connectivity index (χ2n) is 28.7. The van der Waals surface area contributed by atoms with Gasteiger partial charge in [-0.2, -0.15) is 50.5 Å². The molecule has 1 aromatic rings. The van der Waals surface area contributed by atoms with E-state index in [1.165, 1.54) is 24.3 Å². The van der Waals surface area contributed by atoms with Gasteiger partial charge in [0.15, 0.2) is 0 Å². The topological polar surface area (TPSA) is 795 Å². The molecule has 30 N–H and O–H groups in total. The maximum absolute atomic E-state index is 13.7. The summed E-state index contributed by atoms with van der Waals surface area (Å²) in [6.07, 6.45) is -2.36. The quantitative estimate of drug-likeness (QED) is 0.0269. The maximum Gasteiger partial charge on any atom is 0.326 e. The Hall–Kier alpha value is -12.3. The summed E-state index contributed by atoms with van der Waals surface area (Å²) in [7, 11) is 0. The Morgan fingerprint density at radius 3 is 0.992 bits per heavy atom. The van der Waals surface area contributed by atoms with Crippen molar-refractivity contribution in [3.63, 3.8) is 0 Å². The van der Waals surface area contributed by atoms with Crippen LogP contribution in [0, 0.1) is 17.8 Å². The Kier molecular flexibility index (Phi) is 52.7. The Morgan fingerprint density at radius 1 is 0.333 bits per heavy atom. The van der Waals surface area contributed by atoms with Crippen LogP contribution in [0.5, 0.6) is 5.75 Å². The second-order valence-corrected chi connectivity index (χ2v) is 30.1. The van der Waals surface area contributed by atoms with Gasteiger partial charge in [-0.3, -0.25) is 110 Å². The van der Waals surface area contributed by atoms with Crippen LogP contribution in [0.15, 0.2) is 24.3 Å². The van der Waals surface area contributed by atoms with Crippen molar-refractivity contribution in [3.05, 3.63) is 29.8 Å². The Balaban J connectivity index is 2.77. The number of phenols is 1. The molecule has 50 nitrogen and oxygen atoms in total. The third kappa shape index (κ3) is 45.9. The van der Waals surface area contributed by atoms with Crippen LogP contribution in [0.4, 0.5) is 0 Å². The molecule has 0 aliphatic heterocycles. The second kappa shape index (κ2) is 59.5. The van der Waals surface area contributed by atoms with Crippen LogP contribution >= 0.6 is 50.5 Å². The number of amides is 23. The van der Waals surface area contributed by atoms with Gasteiger partial charge in [0.1, 0.15) is 72.2 Å². The molecule has 1 aromatic carbocycles. The first-order valence-corrected chi connectivity index (χ1v) is 41.5. The number of nitrogens with two attached hydrogens (primary N) is 4. The molecule has 0 fully saturated rings. The molecule has 126 heavy (non-hydrogen) atoms. The average molecular weight is 1860 g/mol. The van der Waals surface area contributed by atoms with E-state index in [0.717, 1.165) is 0 Å². The monoisotopic (exact) mass is 1860 g/mol. The number of primary amides is 3. The van der Waals surface area contributed by atoms with Crippen LogP contribution in [0.3, 0.4) is 0 Å². The fraction of sp³-hybridized carbons (Fsp3) is 0.583. The van der Waals surface area contributed by atoms with Crippen molar-refractivity contribution >= 4 is 192 Å². The van der Waals surface area contributed by atoms with Crippen LogP contribution in [0.2, 0.25) is 0 Å². The number of hydrogen-bond donors (Lipinski definition) is 30. The number of benzene rings is 1. The summed E-state index contributed by atoms with van der Waals surface area (Å²) in [4.78, 5) is 307. The summed E-state index contributed by atoms with van der Waals surface area (Å²) in [5, 5.41) is 65.1. The highest BCUT2D eigenvalue weighted by molar-refractivity contribution is 7.80. The molecule has 0 bridgehead atoms. The number of carbonyl (C=O) groups excluding carboxylic acids is 23. The zero-order valence-electron chi connectivity index (χ0n) is 69.7. The van der Waals surface area contributed by atoms with Crippen molar-refractivity contribution in [1.82, 2.24) is 106 Å². The van der Waals surface area contributed by atoms with Crippen LogP contribution in [-0.4, -0.2) is 307 Å². The Labute approximate surface area is 744 Å². The number of aromatic hydroxyl groups is 1. The molecule has 0 aliphatic carbocycles. The van der Waals surface area contributed by atoms with Crippen molar-refractivity contribution in [1.29, 1.82) is 0 Å². The van der Waals surface area contributed by atoms with Gasteiger partial charge in [-0.15, -0.1) is 0 Å². The van der Waals surface area contributed by atoms with Crippen molar-refractivity contribution in [2.75, 3.05) is 88.5 Å². The predicted octanol–water partition coefficient (Wildman–Crippen LogP) is -13.8. The molecule has 0 unspecified atom stereocenters. The molecule has 1 rings (SSSR count). The summed E-state index contributed by atoms with van der Waals surface area (Å²) in [5.41, 5.74) is 21.5. The van der Waals surface area contributed by atoms with Crippen molar-refractivity contribution < 1.29 is 125 Å². The normalized spacial score (nSPS) is 13.6. The van der Waals surface area contributed by atoms with Crippen molar-refractivity contribution in [2.45, 2.75) is 159 Å². The molecule has 12 atom stereocenters. The number of carboxylic acids is 1. The summed E-state index contributed by atoms with van der Waals surface area (Å²) in [5.74, 6) is -26.1. The third-order valence-corrected chi connectivity index (χ3v) is 19.0. The van der Waals surface area contributed by atoms with Crippen LogP contribution in [0.1, 0.15) is 92.1 Å². The smallest absolute Gasteiger partial charge is 0.326 e. The molecule has 0 spiro atoms. The van der Waals surface area contributed by atoms with Gasteiger partial charge in [0.25, 0.3) is 0 Å². The largest absolute Gasteiger partial charge is 0.508 e. The fourth-order valence-corrected chi connectivity index (χ4v) is 11.5. The van der Waals surface area contributed by atoms with Gasteiger partial charge in [0.05, 0.1) is 71.9 Å². The number of nitrogens with one attached hydrogen (secondary N) is 20. The highest BCUT2D eigenvalue weighted by Gasteiger charge is 2.36. The molecule has 702 valence electrons. The molecule has 0 saturated heterocycles. The molecular weight excluding hydrogens is 1750 g/mol. The SMILES string of the molecule is CC[C@H](C)[C@H](NC(=O)CN)C(=O)N[C@H](C(=O)NCC(=O)N[C@@H](CCC(N)=O)C(=O)N[C@@H](CS)C(=O)N[C@@H](CS)C(=O)NCC(=O)NCC(=O)NCC(=O)N[C@@H](CS)C(=O)NCC(=O)NCC(=O)NCC(=O)N[C@@H](CCC(N)=O)C(=O)N[C@@H](CC(C)C)C(=O)NCC(=O)NCC(=O)N[C@@H](Cc1ccc(O)cc1)C(=O)N[C@@H](CS)C(=O)N[C@@H](CC(N)=O)C(=O)O)C(C)C. The molecule has 0 radical (unpaired) electrons. The molecule has 0 heterocycles. The summed E-state index contributed by atoms with van der Waals surface area (Å²) < 4.78 is 0. The van der Waals surface area contributed by atoms with E-state index in [0.29, 0.717) is 12.0 Å². The lowest BCUT2D eigenvalue weighted by molar-refractivity contribution is -0.143. The van der Waals surface area contributed by atoms with Gasteiger partial charge in [-0.05, 0) is 54.7 Å². The zero-order chi connectivity index (χ0) is 95.6. The Morgan fingerprint density at radius 2 is 0.643 bits per heavy atom. The van der Waals surface area contributed by atoms with E-state index in [-0.39, 0.29) is 41.9 Å². The molecule has 0 saturated carbocycles. The number of carboxylic acid groups (broad SMARTS) is 1. The minimum absolute atomic E-state index is 0.0651. The lowest BCUT2D eigenvalue weighted by Crippen LogP contribution is -2.59. The highest BCUT2D eigenvalue weighted by Crippen LogP contribution is 2.14. The van der Waals surface area contributed by atoms with E-state index in [1.807, 2.05) is 0 Å².